The summed E-state index contributed by atoms with van der Waals surface area (Å²) in [6.45, 7) is 6.34. The molecule has 1 amide bonds. The zero-order chi connectivity index (χ0) is 20.1. The number of benzene rings is 1. The van der Waals surface area contributed by atoms with Gasteiger partial charge in [-0.1, -0.05) is 30.0 Å². The second kappa shape index (κ2) is 9.76. The molecule has 0 spiro atoms. The van der Waals surface area contributed by atoms with Crippen LogP contribution in [0.2, 0.25) is 0 Å². The fourth-order valence-corrected chi connectivity index (χ4v) is 5.33. The number of amides is 1. The van der Waals surface area contributed by atoms with E-state index in [1.165, 1.54) is 50.5 Å². The van der Waals surface area contributed by atoms with Crippen LogP contribution in [0.4, 0.5) is 0 Å². The first-order valence-electron chi connectivity index (χ1n) is 11.0. The highest BCUT2D eigenvalue weighted by atomic mass is 32.2. The number of nitrogens with one attached hydrogen (secondary N) is 1. The van der Waals surface area contributed by atoms with Crippen molar-refractivity contribution in [2.45, 2.75) is 63.2 Å². The van der Waals surface area contributed by atoms with Gasteiger partial charge >= 0.3 is 0 Å². The Hall–Kier alpha value is -1.86. The second-order valence-electron chi connectivity index (χ2n) is 8.28. The molecule has 0 radical (unpaired) electrons. The average molecular weight is 415 g/mol. The van der Waals surface area contributed by atoms with Crippen molar-refractivity contribution in [3.05, 3.63) is 36.2 Å². The molecule has 29 heavy (non-hydrogen) atoms. The van der Waals surface area contributed by atoms with Gasteiger partial charge in [0.1, 0.15) is 6.54 Å². The van der Waals surface area contributed by atoms with Gasteiger partial charge in [-0.15, -0.1) is 10.2 Å². The van der Waals surface area contributed by atoms with Crippen LogP contribution >= 0.6 is 11.8 Å². The first-order valence-corrected chi connectivity index (χ1v) is 12.0. The normalized spacial score (nSPS) is 20.7. The molecule has 4 rings (SSSR count). The van der Waals surface area contributed by atoms with E-state index in [1.54, 1.807) is 4.90 Å². The molecule has 3 heterocycles. The number of likely N-dealkylation sites (tertiary alicyclic amines) is 2. The van der Waals surface area contributed by atoms with Crippen molar-refractivity contribution >= 4 is 17.7 Å². The van der Waals surface area contributed by atoms with Gasteiger partial charge in [0.25, 0.3) is 0 Å². The Bertz CT molecular complexity index is 803. The van der Waals surface area contributed by atoms with Crippen molar-refractivity contribution in [1.82, 2.24) is 19.7 Å². The van der Waals surface area contributed by atoms with Crippen molar-refractivity contribution in [1.29, 1.82) is 0 Å². The molecular weight excluding hydrogens is 382 g/mol. The van der Waals surface area contributed by atoms with Gasteiger partial charge in [-0.2, -0.15) is 0 Å². The molecule has 2 saturated heterocycles. The number of quaternary nitrogens is 1. The van der Waals surface area contributed by atoms with Gasteiger partial charge in [-0.3, -0.25) is 9.36 Å². The lowest BCUT2D eigenvalue weighted by atomic mass is 10.0. The molecule has 1 N–H and O–H groups in total. The highest BCUT2D eigenvalue weighted by Gasteiger charge is 2.25. The zero-order valence-electron chi connectivity index (χ0n) is 17.3. The topological polar surface area (TPSA) is 55.5 Å². The number of hydrogen-bond donors (Lipinski definition) is 1. The van der Waals surface area contributed by atoms with Crippen LogP contribution in [-0.4, -0.2) is 57.0 Å². The molecule has 2 aliphatic heterocycles. The van der Waals surface area contributed by atoms with E-state index < -0.39 is 0 Å². The number of rotatable bonds is 6. The summed E-state index contributed by atoms with van der Waals surface area (Å²) >= 11 is 1.52. The van der Waals surface area contributed by atoms with Gasteiger partial charge in [-0.25, -0.2) is 0 Å². The maximum absolute atomic E-state index is 12.8. The molecule has 7 heteroatoms. The van der Waals surface area contributed by atoms with Crippen LogP contribution in [0, 0.1) is 0 Å². The number of piperidine rings is 2. The van der Waals surface area contributed by atoms with Crippen molar-refractivity contribution in [2.75, 3.05) is 25.4 Å². The lowest BCUT2D eigenvalue weighted by molar-refractivity contribution is -0.919. The van der Waals surface area contributed by atoms with E-state index in [0.29, 0.717) is 11.8 Å². The SMILES string of the molecule is C[C@@H]1CCCCN1C(=O)CSc1nnc(C[NH+]2CCCCC2)n1-c1ccccc1. The number of carbonyl (C=O) groups excluding carboxylic acids is 1. The molecule has 2 aromatic rings. The number of carbonyl (C=O) groups is 1. The number of nitrogens with zero attached hydrogens (tertiary/aromatic N) is 4. The van der Waals surface area contributed by atoms with E-state index >= 15 is 0 Å². The van der Waals surface area contributed by atoms with Crippen molar-refractivity contribution in [3.63, 3.8) is 0 Å². The van der Waals surface area contributed by atoms with Crippen molar-refractivity contribution < 1.29 is 9.69 Å². The van der Waals surface area contributed by atoms with Gasteiger partial charge in [0, 0.05) is 18.3 Å². The Morgan fingerprint density at radius 3 is 2.66 bits per heavy atom. The van der Waals surface area contributed by atoms with E-state index in [2.05, 4.69) is 33.8 Å². The molecule has 1 aromatic carbocycles. The lowest BCUT2D eigenvalue weighted by Gasteiger charge is -2.33. The van der Waals surface area contributed by atoms with E-state index in [4.69, 9.17) is 0 Å². The fraction of sp³-hybridized carbons (Fsp3) is 0.591. The summed E-state index contributed by atoms with van der Waals surface area (Å²) in [5, 5.41) is 9.84. The fourth-order valence-electron chi connectivity index (χ4n) is 4.47. The minimum Gasteiger partial charge on any atom is -0.339 e. The Kier molecular flexibility index (Phi) is 6.87. The predicted molar refractivity (Wildman–Crippen MR) is 115 cm³/mol. The summed E-state index contributed by atoms with van der Waals surface area (Å²) in [6, 6.07) is 10.6. The maximum atomic E-state index is 12.8. The lowest BCUT2D eigenvalue weighted by Crippen LogP contribution is -3.11. The monoisotopic (exact) mass is 414 g/mol. The van der Waals surface area contributed by atoms with Crippen LogP contribution in [0.5, 0.6) is 0 Å². The molecule has 2 aliphatic rings. The molecule has 1 aromatic heterocycles. The first-order chi connectivity index (χ1) is 14.2. The molecular formula is C22H32N5OS+. The molecule has 0 unspecified atom stereocenters. The predicted octanol–water partition coefficient (Wildman–Crippen LogP) is 2.33. The smallest absolute Gasteiger partial charge is 0.233 e. The molecule has 156 valence electrons. The average Bonchev–Trinajstić information content (AvgIpc) is 3.16. The Morgan fingerprint density at radius 1 is 1.10 bits per heavy atom. The number of para-hydroxylation sites is 1. The third kappa shape index (κ3) is 5.01. The Labute approximate surface area is 177 Å². The van der Waals surface area contributed by atoms with Gasteiger partial charge in [-0.05, 0) is 57.6 Å². The van der Waals surface area contributed by atoms with Crippen LogP contribution < -0.4 is 4.90 Å². The zero-order valence-corrected chi connectivity index (χ0v) is 18.2. The summed E-state index contributed by atoms with van der Waals surface area (Å²) in [6.07, 6.45) is 7.37. The van der Waals surface area contributed by atoms with E-state index in [-0.39, 0.29) is 5.91 Å². The van der Waals surface area contributed by atoms with Crippen molar-refractivity contribution in [2.24, 2.45) is 0 Å². The number of hydrogen-bond acceptors (Lipinski definition) is 4. The standard InChI is InChI=1S/C22H31N5OS/c1-18-10-6-9-15-26(18)21(28)17-29-22-24-23-20(16-25-13-7-3-8-14-25)27(22)19-11-4-2-5-12-19/h2,4-5,11-12,18H,3,6-10,13-17H2,1H3/p+1/t18-/m1/s1. The van der Waals surface area contributed by atoms with Gasteiger partial charge < -0.3 is 9.80 Å². The van der Waals surface area contributed by atoms with Crippen LogP contribution in [0.15, 0.2) is 35.5 Å². The summed E-state index contributed by atoms with van der Waals surface area (Å²) in [7, 11) is 0. The van der Waals surface area contributed by atoms with Gasteiger partial charge in [0.05, 0.1) is 18.8 Å². The highest BCUT2D eigenvalue weighted by Crippen LogP contribution is 2.24. The van der Waals surface area contributed by atoms with Crippen LogP contribution in [-0.2, 0) is 11.3 Å². The maximum Gasteiger partial charge on any atom is 0.233 e. The minimum atomic E-state index is 0.216. The van der Waals surface area contributed by atoms with E-state index in [0.717, 1.165) is 42.6 Å². The molecule has 0 aliphatic carbocycles. The number of thioether (sulfide) groups is 1. The number of aromatic nitrogens is 3. The third-order valence-corrected chi connectivity index (χ3v) is 7.05. The van der Waals surface area contributed by atoms with E-state index in [1.807, 2.05) is 23.1 Å². The molecule has 0 bridgehead atoms. The van der Waals surface area contributed by atoms with Crippen molar-refractivity contribution in [3.8, 4) is 5.69 Å². The molecule has 2 fully saturated rings. The minimum absolute atomic E-state index is 0.216. The third-order valence-electron chi connectivity index (χ3n) is 6.13. The van der Waals surface area contributed by atoms with E-state index in [9.17, 15) is 4.79 Å². The highest BCUT2D eigenvalue weighted by molar-refractivity contribution is 7.99. The largest absolute Gasteiger partial charge is 0.339 e. The molecule has 0 saturated carbocycles. The van der Waals surface area contributed by atoms with Crippen LogP contribution in [0.1, 0.15) is 51.3 Å². The Balaban J connectivity index is 1.50. The van der Waals surface area contributed by atoms with Gasteiger partial charge in [0.15, 0.2) is 11.0 Å². The second-order valence-corrected chi connectivity index (χ2v) is 9.22. The van der Waals surface area contributed by atoms with Crippen LogP contribution in [0.3, 0.4) is 0 Å². The van der Waals surface area contributed by atoms with Gasteiger partial charge in [0.2, 0.25) is 5.91 Å². The molecule has 6 nitrogen and oxygen atoms in total. The Morgan fingerprint density at radius 2 is 1.90 bits per heavy atom. The first kappa shape index (κ1) is 20.4. The summed E-state index contributed by atoms with van der Waals surface area (Å²) in [5.41, 5.74) is 1.07. The molecule has 1 atom stereocenters. The summed E-state index contributed by atoms with van der Waals surface area (Å²) < 4.78 is 2.15. The quantitative estimate of drug-likeness (QED) is 0.737. The summed E-state index contributed by atoms with van der Waals surface area (Å²) in [4.78, 5) is 16.4. The summed E-state index contributed by atoms with van der Waals surface area (Å²) in [5.74, 6) is 1.63. The van der Waals surface area contributed by atoms with Crippen LogP contribution in [0.25, 0.3) is 5.69 Å².